The number of aryl methyl sites for hydroxylation is 1. The normalized spacial score (nSPS) is 24.8. The molecule has 2 rings (SSSR count). The van der Waals surface area contributed by atoms with Crippen LogP contribution in [0, 0.1) is 24.5 Å². The highest BCUT2D eigenvalue weighted by Gasteiger charge is 2.33. The molecule has 0 radical (unpaired) electrons. The molecule has 6 heteroatoms. The van der Waals surface area contributed by atoms with Gasteiger partial charge in [0.25, 0.3) is 0 Å². The minimum atomic E-state index is -3.11. The Morgan fingerprint density at radius 3 is 2.52 bits per heavy atom. The minimum Gasteiger partial charge on any atom is -0.324 e. The van der Waals surface area contributed by atoms with E-state index in [9.17, 15) is 17.2 Å². The van der Waals surface area contributed by atoms with Crippen LogP contribution in [0.4, 0.5) is 8.78 Å². The quantitative estimate of drug-likeness (QED) is 0.932. The Bertz CT molecular complexity index is 631. The summed E-state index contributed by atoms with van der Waals surface area (Å²) in [4.78, 5) is 0. The van der Waals surface area contributed by atoms with Crippen LogP contribution in [0.25, 0.3) is 0 Å². The van der Waals surface area contributed by atoms with E-state index in [-0.39, 0.29) is 11.5 Å². The minimum absolute atomic E-state index is 0.0992. The highest BCUT2D eigenvalue weighted by atomic mass is 32.2. The molecule has 0 heterocycles. The fourth-order valence-corrected chi connectivity index (χ4v) is 4.28. The summed E-state index contributed by atoms with van der Waals surface area (Å²) in [5, 5.41) is -0.410. The number of nitrogens with two attached hydrogens (primary N) is 1. The summed E-state index contributed by atoms with van der Waals surface area (Å²) in [6.07, 6.45) is 3.83. The van der Waals surface area contributed by atoms with Gasteiger partial charge in [0.05, 0.1) is 5.25 Å². The predicted octanol–water partition coefficient (Wildman–Crippen LogP) is 2.88. The summed E-state index contributed by atoms with van der Waals surface area (Å²) in [5.41, 5.74) is 6.75. The Labute approximate surface area is 124 Å². The molecule has 0 bridgehead atoms. The Hall–Kier alpha value is -1.01. The van der Waals surface area contributed by atoms with E-state index in [0.29, 0.717) is 18.4 Å². The maximum absolute atomic E-state index is 13.9. The molecule has 2 N–H and O–H groups in total. The van der Waals surface area contributed by atoms with Gasteiger partial charge in [-0.3, -0.25) is 0 Å². The van der Waals surface area contributed by atoms with Crippen molar-refractivity contribution in [2.24, 2.45) is 11.7 Å². The SMILES string of the molecule is Cc1cc(C(N)C2CCCC(S(C)(=O)=O)C2)c(F)cc1F. The van der Waals surface area contributed by atoms with Crippen LogP contribution in [0.2, 0.25) is 0 Å². The molecule has 1 fully saturated rings. The van der Waals surface area contributed by atoms with E-state index in [1.165, 1.54) is 12.3 Å². The Morgan fingerprint density at radius 1 is 1.24 bits per heavy atom. The fraction of sp³-hybridized carbons (Fsp3) is 0.600. The Kier molecular flexibility index (Phi) is 4.68. The monoisotopic (exact) mass is 317 g/mol. The van der Waals surface area contributed by atoms with Crippen LogP contribution in [-0.4, -0.2) is 19.9 Å². The van der Waals surface area contributed by atoms with Gasteiger partial charge in [0, 0.05) is 23.9 Å². The van der Waals surface area contributed by atoms with Crippen molar-refractivity contribution >= 4 is 9.84 Å². The van der Waals surface area contributed by atoms with Crippen molar-refractivity contribution in [1.82, 2.24) is 0 Å². The zero-order chi connectivity index (χ0) is 15.8. The summed E-state index contributed by atoms with van der Waals surface area (Å²) < 4.78 is 50.6. The van der Waals surface area contributed by atoms with Crippen LogP contribution in [0.5, 0.6) is 0 Å². The number of benzene rings is 1. The lowest BCUT2D eigenvalue weighted by atomic mass is 9.81. The average Bonchev–Trinajstić information content (AvgIpc) is 2.41. The molecule has 0 spiro atoms. The van der Waals surface area contributed by atoms with E-state index in [4.69, 9.17) is 5.73 Å². The molecule has 0 aromatic heterocycles. The summed E-state index contributed by atoms with van der Waals surface area (Å²) >= 11 is 0. The number of sulfone groups is 1. The van der Waals surface area contributed by atoms with Crippen molar-refractivity contribution in [2.75, 3.05) is 6.26 Å². The summed E-state index contributed by atoms with van der Waals surface area (Å²) in [6, 6.07) is 1.68. The lowest BCUT2D eigenvalue weighted by Crippen LogP contribution is -2.33. The molecule has 1 aromatic rings. The van der Waals surface area contributed by atoms with Crippen LogP contribution in [-0.2, 0) is 9.84 Å². The zero-order valence-electron chi connectivity index (χ0n) is 12.3. The number of hydrogen-bond donors (Lipinski definition) is 1. The zero-order valence-corrected chi connectivity index (χ0v) is 13.1. The first-order valence-electron chi connectivity index (χ1n) is 7.10. The second kappa shape index (κ2) is 6.01. The highest BCUT2D eigenvalue weighted by Crippen LogP contribution is 2.36. The summed E-state index contributed by atoms with van der Waals surface area (Å²) in [5.74, 6) is -1.36. The topological polar surface area (TPSA) is 60.2 Å². The molecule has 0 amide bonds. The van der Waals surface area contributed by atoms with Gasteiger partial charge in [-0.2, -0.15) is 0 Å². The number of halogens is 2. The molecule has 21 heavy (non-hydrogen) atoms. The van der Waals surface area contributed by atoms with Crippen LogP contribution in [0.1, 0.15) is 42.9 Å². The van der Waals surface area contributed by atoms with E-state index < -0.39 is 32.8 Å². The van der Waals surface area contributed by atoms with Gasteiger partial charge in [-0.05, 0) is 43.7 Å². The van der Waals surface area contributed by atoms with Gasteiger partial charge < -0.3 is 5.73 Å². The third-order valence-corrected chi connectivity index (χ3v) is 6.06. The molecule has 3 atom stereocenters. The van der Waals surface area contributed by atoms with Crippen molar-refractivity contribution in [3.8, 4) is 0 Å². The van der Waals surface area contributed by atoms with Gasteiger partial charge in [0.2, 0.25) is 0 Å². The highest BCUT2D eigenvalue weighted by molar-refractivity contribution is 7.91. The Morgan fingerprint density at radius 2 is 1.90 bits per heavy atom. The molecule has 1 aromatic carbocycles. The first-order chi connectivity index (χ1) is 9.70. The van der Waals surface area contributed by atoms with Crippen molar-refractivity contribution in [2.45, 2.75) is 43.9 Å². The van der Waals surface area contributed by atoms with Gasteiger partial charge in [-0.1, -0.05) is 6.42 Å². The van der Waals surface area contributed by atoms with Crippen LogP contribution in [0.15, 0.2) is 12.1 Å². The molecule has 3 nitrogen and oxygen atoms in total. The van der Waals surface area contributed by atoms with Gasteiger partial charge in [0.15, 0.2) is 0 Å². The smallest absolute Gasteiger partial charge is 0.150 e. The van der Waals surface area contributed by atoms with Crippen LogP contribution in [0.3, 0.4) is 0 Å². The second-order valence-electron chi connectivity index (χ2n) is 6.03. The standard InChI is InChI=1S/C15H21F2NO2S/c1-9-6-12(14(17)8-13(9)16)15(18)10-4-3-5-11(7-10)21(2,19)20/h6,8,10-11,15H,3-5,7,18H2,1-2H3. The summed E-state index contributed by atoms with van der Waals surface area (Å²) in [6.45, 7) is 1.56. The summed E-state index contributed by atoms with van der Waals surface area (Å²) in [7, 11) is -3.11. The third-order valence-electron chi connectivity index (χ3n) is 4.42. The largest absolute Gasteiger partial charge is 0.324 e. The molecule has 1 saturated carbocycles. The molecule has 1 aliphatic carbocycles. The lowest BCUT2D eigenvalue weighted by molar-refractivity contribution is 0.304. The van der Waals surface area contributed by atoms with Gasteiger partial charge >= 0.3 is 0 Å². The second-order valence-corrected chi connectivity index (χ2v) is 8.35. The van der Waals surface area contributed by atoms with Crippen molar-refractivity contribution in [3.63, 3.8) is 0 Å². The first kappa shape index (κ1) is 16.4. The van der Waals surface area contributed by atoms with E-state index in [1.54, 1.807) is 6.92 Å². The first-order valence-corrected chi connectivity index (χ1v) is 9.05. The Balaban J connectivity index is 2.24. The molecule has 1 aliphatic rings. The van der Waals surface area contributed by atoms with Crippen molar-refractivity contribution in [3.05, 3.63) is 34.9 Å². The van der Waals surface area contributed by atoms with E-state index in [2.05, 4.69) is 0 Å². The fourth-order valence-electron chi connectivity index (χ4n) is 3.09. The number of hydrogen-bond acceptors (Lipinski definition) is 3. The van der Waals surface area contributed by atoms with Gasteiger partial charge in [-0.15, -0.1) is 0 Å². The maximum atomic E-state index is 13.9. The van der Waals surface area contributed by atoms with Crippen molar-refractivity contribution in [1.29, 1.82) is 0 Å². The van der Waals surface area contributed by atoms with E-state index in [1.807, 2.05) is 0 Å². The molecule has 0 aliphatic heterocycles. The molecular formula is C15H21F2NO2S. The predicted molar refractivity (Wildman–Crippen MR) is 78.6 cm³/mol. The van der Waals surface area contributed by atoms with E-state index in [0.717, 1.165) is 18.9 Å². The molecule has 0 saturated heterocycles. The van der Waals surface area contributed by atoms with Gasteiger partial charge in [-0.25, -0.2) is 17.2 Å². The molecule has 3 unspecified atom stereocenters. The average molecular weight is 317 g/mol. The maximum Gasteiger partial charge on any atom is 0.150 e. The van der Waals surface area contributed by atoms with Gasteiger partial charge in [0.1, 0.15) is 21.5 Å². The van der Waals surface area contributed by atoms with Crippen LogP contribution >= 0.6 is 0 Å². The third kappa shape index (κ3) is 3.61. The molecular weight excluding hydrogens is 296 g/mol. The van der Waals surface area contributed by atoms with Crippen LogP contribution < -0.4 is 5.73 Å². The van der Waals surface area contributed by atoms with E-state index >= 15 is 0 Å². The van der Waals surface area contributed by atoms with Crippen molar-refractivity contribution < 1.29 is 17.2 Å². The molecule has 118 valence electrons. The number of rotatable bonds is 3. The lowest BCUT2D eigenvalue weighted by Gasteiger charge is -2.32.